The Morgan fingerprint density at radius 2 is 2.08 bits per heavy atom. The smallest absolute Gasteiger partial charge is 0.254 e. The van der Waals surface area contributed by atoms with Crippen molar-refractivity contribution in [1.82, 2.24) is 9.97 Å². The van der Waals surface area contributed by atoms with Gasteiger partial charge in [0.05, 0.1) is 20.1 Å². The van der Waals surface area contributed by atoms with E-state index in [2.05, 4.69) is 23.8 Å². The number of carboxylic acid groups (broad SMARTS) is 1. The summed E-state index contributed by atoms with van der Waals surface area (Å²) < 4.78 is 6.02. The number of oxazole rings is 1. The molecule has 2 N–H and O–H groups in total. The van der Waals surface area contributed by atoms with Crippen LogP contribution in [0.25, 0.3) is 22.2 Å². The number of carbonyl (C=O) groups is 1. The summed E-state index contributed by atoms with van der Waals surface area (Å²) in [7, 11) is 4.06. The maximum absolute atomic E-state index is 11.7. The van der Waals surface area contributed by atoms with E-state index in [1.807, 2.05) is 38.4 Å². The highest BCUT2D eigenvalue weighted by Gasteiger charge is 2.29. The minimum atomic E-state index is -1.32. The zero-order valence-electron chi connectivity index (χ0n) is 15.6. The van der Waals surface area contributed by atoms with Gasteiger partial charge >= 0.3 is 0 Å². The summed E-state index contributed by atoms with van der Waals surface area (Å²) in [5.41, 5.74) is 1.47. The van der Waals surface area contributed by atoms with Crippen molar-refractivity contribution in [3.8, 4) is 11.3 Å². The van der Waals surface area contributed by atoms with E-state index >= 15 is 0 Å². The van der Waals surface area contributed by atoms with Crippen molar-refractivity contribution in [1.29, 1.82) is 0 Å². The number of nitrogens with one attached hydrogen (secondary N) is 2. The van der Waals surface area contributed by atoms with E-state index in [9.17, 15) is 9.90 Å². The van der Waals surface area contributed by atoms with Crippen molar-refractivity contribution in [2.24, 2.45) is 5.92 Å². The molecule has 6 nitrogen and oxygen atoms in total. The summed E-state index contributed by atoms with van der Waals surface area (Å²) in [5.74, 6) is -0.126. The molecular formula is C20H25N3O3. The highest BCUT2D eigenvalue weighted by atomic mass is 16.4. The molecular weight excluding hydrogens is 330 g/mol. The van der Waals surface area contributed by atoms with Gasteiger partial charge in [0.15, 0.2) is 11.8 Å². The number of carboxylic acids is 1. The number of rotatable bonds is 7. The zero-order valence-corrected chi connectivity index (χ0v) is 15.6. The van der Waals surface area contributed by atoms with E-state index in [1.165, 1.54) is 0 Å². The summed E-state index contributed by atoms with van der Waals surface area (Å²) in [6, 6.07) is 7.68. The van der Waals surface area contributed by atoms with E-state index in [1.54, 1.807) is 6.20 Å². The second kappa shape index (κ2) is 7.33. The minimum absolute atomic E-state index is 0.0120. The molecule has 1 aromatic carbocycles. The fourth-order valence-electron chi connectivity index (χ4n) is 3.22. The van der Waals surface area contributed by atoms with E-state index < -0.39 is 5.97 Å². The van der Waals surface area contributed by atoms with Gasteiger partial charge < -0.3 is 24.2 Å². The summed E-state index contributed by atoms with van der Waals surface area (Å²) in [6.07, 6.45) is 3.68. The van der Waals surface area contributed by atoms with Crippen molar-refractivity contribution in [2.75, 3.05) is 14.1 Å². The fraction of sp³-hybridized carbons (Fsp3) is 0.400. The van der Waals surface area contributed by atoms with Gasteiger partial charge in [0.2, 0.25) is 0 Å². The summed E-state index contributed by atoms with van der Waals surface area (Å²) >= 11 is 0. The first-order chi connectivity index (χ1) is 12.4. The molecule has 0 fully saturated rings. The molecule has 2 aromatic heterocycles. The van der Waals surface area contributed by atoms with E-state index in [0.717, 1.165) is 28.6 Å². The minimum Gasteiger partial charge on any atom is -0.543 e. The largest absolute Gasteiger partial charge is 0.543 e. The number of quaternary nitrogens is 1. The number of hydrogen-bond acceptors (Lipinski definition) is 4. The van der Waals surface area contributed by atoms with Crippen LogP contribution in [0.15, 0.2) is 34.9 Å². The van der Waals surface area contributed by atoms with Crippen LogP contribution in [0.2, 0.25) is 0 Å². The molecule has 3 rings (SSSR count). The third-order valence-electron chi connectivity index (χ3n) is 5.00. The van der Waals surface area contributed by atoms with Gasteiger partial charge in [-0.05, 0) is 12.0 Å². The third-order valence-corrected chi connectivity index (χ3v) is 5.00. The normalized spacial score (nSPS) is 14.0. The molecule has 0 unspecified atom stereocenters. The molecule has 3 aromatic rings. The highest BCUT2D eigenvalue weighted by Crippen LogP contribution is 2.33. The monoisotopic (exact) mass is 355 g/mol. The number of aromatic nitrogens is 2. The Kier molecular flexibility index (Phi) is 5.13. The lowest BCUT2D eigenvalue weighted by atomic mass is 9.98. The van der Waals surface area contributed by atoms with Crippen LogP contribution in [0.5, 0.6) is 0 Å². The van der Waals surface area contributed by atoms with Crippen molar-refractivity contribution in [3.05, 3.63) is 42.0 Å². The molecule has 0 aliphatic carbocycles. The number of para-hydroxylation sites is 1. The SMILES string of the molecule is CC[C@H](C)C[C@H](c1nc(C(=O)[O-])c(-c2c[nH]c3ccccc23)o1)[NH+](C)C. The maximum atomic E-state index is 11.7. The quantitative estimate of drug-likeness (QED) is 0.677. The molecule has 0 aliphatic rings. The van der Waals surface area contributed by atoms with Crippen LogP contribution >= 0.6 is 0 Å². The lowest BCUT2D eigenvalue weighted by molar-refractivity contribution is -0.894. The molecule has 0 saturated heterocycles. The molecule has 0 radical (unpaired) electrons. The summed E-state index contributed by atoms with van der Waals surface area (Å²) in [6.45, 7) is 4.32. The number of benzene rings is 1. The van der Waals surface area contributed by atoms with Crippen LogP contribution in [0, 0.1) is 5.92 Å². The Morgan fingerprint density at radius 1 is 1.35 bits per heavy atom. The van der Waals surface area contributed by atoms with Crippen LogP contribution in [-0.4, -0.2) is 30.0 Å². The molecule has 0 amide bonds. The van der Waals surface area contributed by atoms with Crippen LogP contribution in [0.3, 0.4) is 0 Å². The number of nitrogens with zero attached hydrogens (tertiary/aromatic N) is 1. The fourth-order valence-corrected chi connectivity index (χ4v) is 3.22. The first-order valence-corrected chi connectivity index (χ1v) is 9.00. The molecule has 0 saturated carbocycles. The van der Waals surface area contributed by atoms with Crippen LogP contribution in [0.4, 0.5) is 0 Å². The Hall–Kier alpha value is -2.60. The first kappa shape index (κ1) is 18.2. The van der Waals surface area contributed by atoms with Gasteiger partial charge in [-0.3, -0.25) is 0 Å². The standard InChI is InChI=1S/C20H25N3O3/c1-5-12(2)10-16(23(3)4)19-22-17(20(24)25)18(26-19)14-11-21-15-9-7-6-8-13(14)15/h6-9,11-12,16,21H,5,10H2,1-4H3,(H,24,25)/t12-,16+/m0/s1. The van der Waals surface area contributed by atoms with Gasteiger partial charge in [0, 0.05) is 29.1 Å². The van der Waals surface area contributed by atoms with Crippen LogP contribution in [-0.2, 0) is 0 Å². The van der Waals surface area contributed by atoms with Crippen LogP contribution in [0.1, 0.15) is 49.1 Å². The average molecular weight is 355 g/mol. The molecule has 138 valence electrons. The van der Waals surface area contributed by atoms with Gasteiger partial charge in [-0.15, -0.1) is 0 Å². The number of H-pyrrole nitrogens is 1. The number of fused-ring (bicyclic) bond motifs is 1. The molecule has 6 heteroatoms. The van der Waals surface area contributed by atoms with Crippen molar-refractivity contribution in [3.63, 3.8) is 0 Å². The molecule has 26 heavy (non-hydrogen) atoms. The van der Waals surface area contributed by atoms with Gasteiger partial charge in [0.1, 0.15) is 5.69 Å². The Morgan fingerprint density at radius 3 is 2.73 bits per heavy atom. The van der Waals surface area contributed by atoms with E-state index in [4.69, 9.17) is 4.42 Å². The predicted molar refractivity (Wildman–Crippen MR) is 97.7 cm³/mol. The lowest BCUT2D eigenvalue weighted by Gasteiger charge is -2.21. The van der Waals surface area contributed by atoms with Crippen molar-refractivity contribution < 1.29 is 19.2 Å². The average Bonchev–Trinajstić information content (AvgIpc) is 3.23. The molecule has 0 bridgehead atoms. The van der Waals surface area contributed by atoms with Crippen LogP contribution < -0.4 is 10.0 Å². The molecule has 2 heterocycles. The number of aromatic amines is 1. The number of aromatic carboxylic acids is 1. The van der Waals surface area contributed by atoms with E-state index in [0.29, 0.717) is 17.4 Å². The van der Waals surface area contributed by atoms with Crippen molar-refractivity contribution >= 4 is 16.9 Å². The predicted octanol–water partition coefficient (Wildman–Crippen LogP) is 1.81. The van der Waals surface area contributed by atoms with Gasteiger partial charge in [0.25, 0.3) is 5.89 Å². The maximum Gasteiger partial charge on any atom is 0.254 e. The van der Waals surface area contributed by atoms with E-state index in [-0.39, 0.29) is 17.5 Å². The second-order valence-corrected chi connectivity index (χ2v) is 7.14. The van der Waals surface area contributed by atoms with Gasteiger partial charge in [-0.2, -0.15) is 0 Å². The third kappa shape index (κ3) is 3.37. The summed E-state index contributed by atoms with van der Waals surface area (Å²) in [4.78, 5) is 20.3. The molecule has 0 spiro atoms. The number of hydrogen-bond donors (Lipinski definition) is 2. The number of carbonyl (C=O) groups excluding carboxylic acids is 1. The molecule has 2 atom stereocenters. The second-order valence-electron chi connectivity index (χ2n) is 7.14. The lowest BCUT2D eigenvalue weighted by Crippen LogP contribution is -3.06. The van der Waals surface area contributed by atoms with Gasteiger partial charge in [-0.25, -0.2) is 4.98 Å². The highest BCUT2D eigenvalue weighted by molar-refractivity contribution is 5.99. The Labute approximate surface area is 152 Å². The van der Waals surface area contributed by atoms with Gasteiger partial charge in [-0.1, -0.05) is 38.5 Å². The summed E-state index contributed by atoms with van der Waals surface area (Å²) in [5, 5.41) is 12.6. The Balaban J connectivity index is 2.10. The first-order valence-electron chi connectivity index (χ1n) is 9.00. The zero-order chi connectivity index (χ0) is 18.8. The topological polar surface area (TPSA) is 86.4 Å². The molecule has 0 aliphatic heterocycles. The Bertz CT molecular complexity index is 910. The van der Waals surface area contributed by atoms with Crippen molar-refractivity contribution in [2.45, 2.75) is 32.7 Å².